The molecule has 0 radical (unpaired) electrons. The molecule has 2 N–H and O–H groups in total. The highest BCUT2D eigenvalue weighted by molar-refractivity contribution is 5.91. The highest BCUT2D eigenvalue weighted by atomic mass is 16.9. The molecule has 0 spiro atoms. The van der Waals surface area contributed by atoms with Crippen LogP contribution in [0.3, 0.4) is 0 Å². The van der Waals surface area contributed by atoms with E-state index in [9.17, 15) is 29.4 Å². The van der Waals surface area contributed by atoms with E-state index in [1.807, 2.05) is 0 Å². The summed E-state index contributed by atoms with van der Waals surface area (Å²) in [6.07, 6.45) is -14.3. The Bertz CT molecular complexity index is 2010. The zero-order chi connectivity index (χ0) is 40.8. The molecule has 0 amide bonds. The molecule has 7 rings (SSSR count). The van der Waals surface area contributed by atoms with Gasteiger partial charge in [0, 0.05) is 0 Å². The van der Waals surface area contributed by atoms with Crippen LogP contribution in [0.5, 0.6) is 0 Å². The summed E-state index contributed by atoms with van der Waals surface area (Å²) in [6.45, 7) is 1.97. The van der Waals surface area contributed by atoms with Crippen molar-refractivity contribution < 1.29 is 72.0 Å². The van der Waals surface area contributed by atoms with Crippen molar-refractivity contribution in [3.8, 4) is 0 Å². The lowest BCUT2D eigenvalue weighted by Gasteiger charge is -2.45. The number of carbonyl (C=O) groups excluding carboxylic acids is 4. The monoisotopic (exact) mass is 798 g/mol. The van der Waals surface area contributed by atoms with Crippen molar-refractivity contribution in [3.63, 3.8) is 0 Å². The quantitative estimate of drug-likeness (QED) is 0.146. The van der Waals surface area contributed by atoms with Gasteiger partial charge >= 0.3 is 23.9 Å². The zero-order valence-corrected chi connectivity index (χ0v) is 31.4. The molecule has 0 saturated carbocycles. The highest BCUT2D eigenvalue weighted by Crippen LogP contribution is 2.42. The molecule has 58 heavy (non-hydrogen) atoms. The molecule has 3 fully saturated rings. The fourth-order valence-corrected chi connectivity index (χ4v) is 6.86. The van der Waals surface area contributed by atoms with Crippen molar-refractivity contribution in [2.45, 2.75) is 81.0 Å². The van der Waals surface area contributed by atoms with Crippen molar-refractivity contribution in [1.29, 1.82) is 0 Å². The summed E-state index contributed by atoms with van der Waals surface area (Å²) in [5.41, 5.74) is 0.555. The summed E-state index contributed by atoms with van der Waals surface area (Å²) in [6, 6.07) is 32.0. The number of hydrogen-bond donors (Lipinski definition) is 2. The van der Waals surface area contributed by atoms with Crippen molar-refractivity contribution in [3.05, 3.63) is 144 Å². The first-order valence-corrected chi connectivity index (χ1v) is 18.6. The van der Waals surface area contributed by atoms with E-state index in [-0.39, 0.29) is 22.3 Å². The normalized spacial score (nSPS) is 27.8. The number of fused-ring (bicyclic) bond motifs is 1. The number of aliphatic hydroxyl groups excluding tert-OH is 2. The van der Waals surface area contributed by atoms with E-state index >= 15 is 0 Å². The van der Waals surface area contributed by atoms with Gasteiger partial charge < -0.3 is 52.8 Å². The maximum atomic E-state index is 13.9. The Morgan fingerprint density at radius 1 is 0.603 bits per heavy atom. The third-order valence-corrected chi connectivity index (χ3v) is 9.62. The van der Waals surface area contributed by atoms with Crippen LogP contribution < -0.4 is 0 Å². The molecule has 4 aromatic rings. The smallest absolute Gasteiger partial charge is 0.338 e. The highest BCUT2D eigenvalue weighted by Gasteiger charge is 2.60. The second-order valence-corrected chi connectivity index (χ2v) is 14.1. The Morgan fingerprint density at radius 2 is 1.05 bits per heavy atom. The van der Waals surface area contributed by atoms with Crippen molar-refractivity contribution in [2.24, 2.45) is 0 Å². The minimum absolute atomic E-state index is 0.108. The van der Waals surface area contributed by atoms with E-state index in [0.29, 0.717) is 0 Å². The zero-order valence-electron chi connectivity index (χ0n) is 31.4. The van der Waals surface area contributed by atoms with Gasteiger partial charge in [0.1, 0.15) is 37.1 Å². The summed E-state index contributed by atoms with van der Waals surface area (Å²) in [4.78, 5) is 54.9. The molecular weight excluding hydrogens is 756 g/mol. The van der Waals surface area contributed by atoms with Crippen molar-refractivity contribution in [2.75, 3.05) is 13.2 Å². The molecule has 3 aliphatic rings. The standard InChI is InChI=1S/C43H42O15/c1-43(2)57-36-33(31(29(45)23-44)55-42(36)58-43)56-41-35(54-40(49)28-21-13-6-14-22-28)34(53-39(48)27-19-11-5-12-20-27)32(52-38(47)26-17-9-4-10-18-26)30(51-41)24-50-37(46)25-15-7-3-8-16-25/h3-22,29-36,41-42,44-45H,23-24H2,1-2H3/t29-,30-,31-,32-,33+,34+,35-,36-,41+,42-/m1/s1. The lowest BCUT2D eigenvalue weighted by Crippen LogP contribution is -2.64. The molecule has 15 heteroatoms. The van der Waals surface area contributed by atoms with Gasteiger partial charge in [-0.1, -0.05) is 72.8 Å². The summed E-state index contributed by atoms with van der Waals surface area (Å²) in [5.74, 6) is -4.54. The van der Waals surface area contributed by atoms with E-state index < -0.39 is 104 Å². The molecule has 0 bridgehead atoms. The minimum Gasteiger partial charge on any atom is -0.459 e. The Kier molecular flexibility index (Phi) is 12.6. The summed E-state index contributed by atoms with van der Waals surface area (Å²) >= 11 is 0. The van der Waals surface area contributed by atoms with Gasteiger partial charge in [0.05, 0.1) is 28.9 Å². The third kappa shape index (κ3) is 9.27. The van der Waals surface area contributed by atoms with Crippen molar-refractivity contribution in [1.82, 2.24) is 0 Å². The van der Waals surface area contributed by atoms with Crippen LogP contribution in [-0.2, 0) is 42.6 Å². The average molecular weight is 799 g/mol. The van der Waals surface area contributed by atoms with Gasteiger partial charge in [0.2, 0.25) is 0 Å². The molecule has 10 atom stereocenters. The van der Waals surface area contributed by atoms with Gasteiger partial charge in [0.15, 0.2) is 36.7 Å². The first kappa shape index (κ1) is 40.7. The number of benzene rings is 4. The lowest BCUT2D eigenvalue weighted by atomic mass is 9.97. The lowest BCUT2D eigenvalue weighted by molar-refractivity contribution is -0.322. The number of ether oxygens (including phenoxy) is 9. The fraction of sp³-hybridized carbons (Fsp3) is 0.349. The molecule has 0 aliphatic carbocycles. The number of hydrogen-bond acceptors (Lipinski definition) is 15. The van der Waals surface area contributed by atoms with Gasteiger partial charge in [-0.05, 0) is 62.4 Å². The predicted octanol–water partition coefficient (Wildman–Crippen LogP) is 3.86. The van der Waals surface area contributed by atoms with Crippen LogP contribution in [0.4, 0.5) is 0 Å². The second-order valence-electron chi connectivity index (χ2n) is 14.1. The first-order chi connectivity index (χ1) is 28.0. The second kappa shape index (κ2) is 18.0. The van der Waals surface area contributed by atoms with E-state index in [4.69, 9.17) is 42.6 Å². The Labute approximate surface area is 333 Å². The number of aliphatic hydroxyl groups is 2. The maximum absolute atomic E-state index is 13.9. The van der Waals surface area contributed by atoms with E-state index in [1.165, 1.54) is 36.4 Å². The number of esters is 4. The van der Waals surface area contributed by atoms with Gasteiger partial charge in [-0.3, -0.25) is 0 Å². The molecule has 3 aliphatic heterocycles. The number of rotatable bonds is 13. The number of carbonyl (C=O) groups is 4. The average Bonchev–Trinajstić information content (AvgIpc) is 3.73. The van der Waals surface area contributed by atoms with Gasteiger partial charge in [-0.2, -0.15) is 0 Å². The van der Waals surface area contributed by atoms with E-state index in [1.54, 1.807) is 98.8 Å². The maximum Gasteiger partial charge on any atom is 0.338 e. The minimum atomic E-state index is -1.72. The Balaban J connectivity index is 1.31. The fourth-order valence-electron chi connectivity index (χ4n) is 6.86. The molecule has 3 heterocycles. The van der Waals surface area contributed by atoms with Crippen LogP contribution in [0.25, 0.3) is 0 Å². The predicted molar refractivity (Wildman–Crippen MR) is 199 cm³/mol. The van der Waals surface area contributed by atoms with E-state index in [2.05, 4.69) is 0 Å². The molecular formula is C43H42O15. The van der Waals surface area contributed by atoms with E-state index in [0.717, 1.165) is 0 Å². The molecule has 15 nitrogen and oxygen atoms in total. The SMILES string of the molecule is CC1(C)O[C@H]2O[C@H]([C@H](O)CO)[C@H](O[C@@H]3O[C@H](COC(=O)c4ccccc4)[C@@H](OC(=O)c4ccccc4)[C@H](OC(=O)c4ccccc4)[C@H]3OC(=O)c3ccccc3)[C@H]2O1. The van der Waals surface area contributed by atoms with Crippen LogP contribution in [0, 0.1) is 0 Å². The van der Waals surface area contributed by atoms with Crippen LogP contribution in [0.2, 0.25) is 0 Å². The van der Waals surface area contributed by atoms with Crippen molar-refractivity contribution >= 4 is 23.9 Å². The first-order valence-electron chi connectivity index (χ1n) is 18.6. The van der Waals surface area contributed by atoms with Crippen LogP contribution in [-0.4, -0.2) is 115 Å². The topological polar surface area (TPSA) is 192 Å². The summed E-state index contributed by atoms with van der Waals surface area (Å²) < 4.78 is 55.0. The van der Waals surface area contributed by atoms with Crippen LogP contribution in [0.1, 0.15) is 55.3 Å². The molecule has 0 unspecified atom stereocenters. The summed E-state index contributed by atoms with van der Waals surface area (Å²) in [7, 11) is 0. The molecule has 304 valence electrons. The Hall–Kier alpha value is -5.52. The van der Waals surface area contributed by atoms with Crippen LogP contribution >= 0.6 is 0 Å². The molecule has 4 aromatic carbocycles. The Morgan fingerprint density at radius 3 is 1.53 bits per heavy atom. The third-order valence-electron chi connectivity index (χ3n) is 9.62. The largest absolute Gasteiger partial charge is 0.459 e. The van der Waals surface area contributed by atoms with Crippen LogP contribution in [0.15, 0.2) is 121 Å². The summed E-state index contributed by atoms with van der Waals surface area (Å²) in [5, 5.41) is 20.9. The molecule has 3 saturated heterocycles. The van der Waals surface area contributed by atoms with Gasteiger partial charge in [0.25, 0.3) is 0 Å². The molecule has 0 aromatic heterocycles. The van der Waals surface area contributed by atoms with Gasteiger partial charge in [-0.15, -0.1) is 0 Å². The van der Waals surface area contributed by atoms with Gasteiger partial charge in [-0.25, -0.2) is 19.2 Å².